The molecular weight excluding hydrogens is 416 g/mol. The summed E-state index contributed by atoms with van der Waals surface area (Å²) in [7, 11) is 3.26. The van der Waals surface area contributed by atoms with Crippen LogP contribution >= 0.6 is 0 Å². The highest BCUT2D eigenvalue weighted by Crippen LogP contribution is 2.26. The minimum absolute atomic E-state index is 0.270. The maximum atomic E-state index is 13.3. The molecule has 0 spiro atoms. The molecule has 0 saturated carbocycles. The lowest BCUT2D eigenvalue weighted by molar-refractivity contribution is -0.138. The van der Waals surface area contributed by atoms with Crippen LogP contribution in [-0.2, 0) is 16.1 Å². The molecule has 1 amide bonds. The van der Waals surface area contributed by atoms with Crippen molar-refractivity contribution in [2.75, 3.05) is 14.1 Å². The van der Waals surface area contributed by atoms with Crippen molar-refractivity contribution in [2.45, 2.75) is 12.6 Å². The number of rotatable bonds is 7. The second kappa shape index (κ2) is 9.91. The quantitative estimate of drug-likeness (QED) is 0.406. The summed E-state index contributed by atoms with van der Waals surface area (Å²) in [6.45, 7) is 0.486. The highest BCUT2D eigenvalue weighted by atomic mass is 16.5. The van der Waals surface area contributed by atoms with Crippen molar-refractivity contribution in [2.24, 2.45) is 0 Å². The first kappa shape index (κ1) is 22.0. The Morgan fingerprint density at radius 3 is 2.30 bits per heavy atom. The first-order chi connectivity index (χ1) is 16.0. The van der Waals surface area contributed by atoms with Gasteiger partial charge in [0.2, 0.25) is 6.10 Å². The normalized spacial score (nSPS) is 11.6. The summed E-state index contributed by atoms with van der Waals surface area (Å²) in [5.74, 6) is -0.952. The van der Waals surface area contributed by atoms with Crippen molar-refractivity contribution in [1.29, 1.82) is 0 Å². The Balaban J connectivity index is 1.69. The number of ether oxygens (including phenoxy) is 1. The van der Waals surface area contributed by atoms with Gasteiger partial charge in [0.05, 0.1) is 6.54 Å². The Morgan fingerprint density at radius 2 is 1.67 bits per heavy atom. The largest absolute Gasteiger partial charge is 0.444 e. The Labute approximate surface area is 192 Å². The second-order valence-electron chi connectivity index (χ2n) is 7.74. The fourth-order valence-corrected chi connectivity index (χ4v) is 3.43. The molecule has 7 heteroatoms. The number of aromatic nitrogens is 3. The van der Waals surface area contributed by atoms with Gasteiger partial charge in [-0.3, -0.25) is 14.5 Å². The molecule has 166 valence electrons. The molecule has 0 bridgehead atoms. The van der Waals surface area contributed by atoms with Gasteiger partial charge in [-0.05, 0) is 17.7 Å². The van der Waals surface area contributed by atoms with Gasteiger partial charge in [-0.15, -0.1) is 0 Å². The maximum absolute atomic E-state index is 13.3. The molecule has 7 nitrogen and oxygen atoms in total. The van der Waals surface area contributed by atoms with Crippen LogP contribution < -0.4 is 0 Å². The van der Waals surface area contributed by atoms with Gasteiger partial charge < -0.3 is 9.64 Å². The van der Waals surface area contributed by atoms with Crippen LogP contribution in [0.2, 0.25) is 0 Å². The van der Waals surface area contributed by atoms with E-state index in [1.165, 1.54) is 4.90 Å². The summed E-state index contributed by atoms with van der Waals surface area (Å²) >= 11 is 0. The van der Waals surface area contributed by atoms with Crippen molar-refractivity contribution < 1.29 is 14.3 Å². The number of benzene rings is 2. The fraction of sp³-hybridized carbons (Fsp3) is 0.154. The molecule has 0 aliphatic carbocycles. The van der Waals surface area contributed by atoms with Gasteiger partial charge in [0, 0.05) is 43.8 Å². The third-order valence-electron chi connectivity index (χ3n) is 5.10. The molecule has 0 N–H and O–H groups in total. The van der Waals surface area contributed by atoms with Crippen LogP contribution in [-0.4, -0.2) is 45.6 Å². The fourth-order valence-electron chi connectivity index (χ4n) is 3.43. The lowest BCUT2D eigenvalue weighted by Gasteiger charge is -2.21. The molecule has 0 aliphatic heterocycles. The van der Waals surface area contributed by atoms with E-state index in [1.807, 2.05) is 42.5 Å². The first-order valence-corrected chi connectivity index (χ1v) is 10.5. The summed E-state index contributed by atoms with van der Waals surface area (Å²) in [5.41, 5.74) is 3.05. The number of carbonyl (C=O) groups is 2. The van der Waals surface area contributed by atoms with Crippen LogP contribution in [0.3, 0.4) is 0 Å². The van der Waals surface area contributed by atoms with Gasteiger partial charge in [0.25, 0.3) is 5.91 Å². The van der Waals surface area contributed by atoms with Crippen LogP contribution in [0.25, 0.3) is 11.3 Å². The SMILES string of the molecule is CN(C)C(=O)C(OC(=O)c1cn(Cc2ccccc2)nc1-c1cccnc1)c1ccccc1. The molecule has 4 rings (SSSR count). The zero-order chi connectivity index (χ0) is 23.2. The molecule has 0 radical (unpaired) electrons. The van der Waals surface area contributed by atoms with E-state index in [0.717, 1.165) is 5.56 Å². The van der Waals surface area contributed by atoms with Crippen LogP contribution in [0.5, 0.6) is 0 Å². The Bertz CT molecular complexity index is 1220. The number of likely N-dealkylation sites (N-methyl/N-ethyl adjacent to an activating group) is 1. The number of nitrogens with zero attached hydrogens (tertiary/aromatic N) is 4. The predicted octanol–water partition coefficient (Wildman–Crippen LogP) is 3.98. The standard InChI is InChI=1S/C26H24N4O3/c1-29(2)25(31)24(20-12-7-4-8-13-20)33-26(32)22-18-30(17-19-10-5-3-6-11-19)28-23(22)21-14-9-15-27-16-21/h3-16,18,24H,17H2,1-2H3. The topological polar surface area (TPSA) is 77.3 Å². The number of carbonyl (C=O) groups excluding carboxylic acids is 2. The second-order valence-corrected chi connectivity index (χ2v) is 7.74. The average molecular weight is 441 g/mol. The lowest BCUT2D eigenvalue weighted by atomic mass is 10.1. The zero-order valence-electron chi connectivity index (χ0n) is 18.5. The Kier molecular flexibility index (Phi) is 6.59. The van der Waals surface area contributed by atoms with Crippen LogP contribution in [0, 0.1) is 0 Å². The molecule has 1 unspecified atom stereocenters. The Morgan fingerprint density at radius 1 is 0.970 bits per heavy atom. The average Bonchev–Trinajstić information content (AvgIpc) is 3.27. The molecule has 2 aromatic carbocycles. The molecular formula is C26H24N4O3. The van der Waals surface area contributed by atoms with Gasteiger partial charge >= 0.3 is 5.97 Å². The van der Waals surface area contributed by atoms with Crippen molar-refractivity contribution in [3.05, 3.63) is 108 Å². The van der Waals surface area contributed by atoms with Crippen molar-refractivity contribution in [1.82, 2.24) is 19.7 Å². The van der Waals surface area contributed by atoms with E-state index in [-0.39, 0.29) is 11.5 Å². The Hall–Kier alpha value is -4.26. The summed E-state index contributed by atoms with van der Waals surface area (Å²) in [5, 5.41) is 4.64. The highest BCUT2D eigenvalue weighted by Gasteiger charge is 2.29. The van der Waals surface area contributed by atoms with E-state index in [9.17, 15) is 9.59 Å². The maximum Gasteiger partial charge on any atom is 0.343 e. The molecule has 0 saturated heterocycles. The smallest absolute Gasteiger partial charge is 0.343 e. The highest BCUT2D eigenvalue weighted by molar-refractivity contribution is 5.97. The minimum Gasteiger partial charge on any atom is -0.444 e. The van der Waals surface area contributed by atoms with E-state index in [1.54, 1.807) is 67.7 Å². The van der Waals surface area contributed by atoms with Crippen LogP contribution in [0.4, 0.5) is 0 Å². The van der Waals surface area contributed by atoms with Crippen LogP contribution in [0.1, 0.15) is 27.6 Å². The van der Waals surface area contributed by atoms with E-state index in [2.05, 4.69) is 10.1 Å². The first-order valence-electron chi connectivity index (χ1n) is 10.5. The van der Waals surface area contributed by atoms with E-state index < -0.39 is 12.1 Å². The summed E-state index contributed by atoms with van der Waals surface area (Å²) < 4.78 is 7.46. The number of esters is 1. The van der Waals surface area contributed by atoms with Crippen molar-refractivity contribution >= 4 is 11.9 Å². The van der Waals surface area contributed by atoms with Gasteiger partial charge in [0.1, 0.15) is 11.3 Å². The molecule has 2 heterocycles. The molecule has 0 aliphatic rings. The van der Waals surface area contributed by atoms with Crippen LogP contribution in [0.15, 0.2) is 91.4 Å². The van der Waals surface area contributed by atoms with E-state index in [0.29, 0.717) is 23.4 Å². The van der Waals surface area contributed by atoms with Crippen molar-refractivity contribution in [3.63, 3.8) is 0 Å². The number of pyridine rings is 1. The number of hydrogen-bond acceptors (Lipinski definition) is 5. The number of hydrogen-bond donors (Lipinski definition) is 0. The van der Waals surface area contributed by atoms with E-state index in [4.69, 9.17) is 4.74 Å². The molecule has 2 aromatic heterocycles. The number of amides is 1. The molecule has 33 heavy (non-hydrogen) atoms. The van der Waals surface area contributed by atoms with Gasteiger partial charge in [0.15, 0.2) is 0 Å². The van der Waals surface area contributed by atoms with E-state index >= 15 is 0 Å². The molecule has 1 atom stereocenters. The summed E-state index contributed by atoms with van der Waals surface area (Å²) in [6, 6.07) is 22.4. The third kappa shape index (κ3) is 5.15. The van der Waals surface area contributed by atoms with Gasteiger partial charge in [-0.2, -0.15) is 5.10 Å². The monoisotopic (exact) mass is 440 g/mol. The lowest BCUT2D eigenvalue weighted by Crippen LogP contribution is -2.31. The molecule has 4 aromatic rings. The zero-order valence-corrected chi connectivity index (χ0v) is 18.5. The molecule has 0 fully saturated rings. The van der Waals surface area contributed by atoms with Crippen molar-refractivity contribution in [3.8, 4) is 11.3 Å². The minimum atomic E-state index is -1.06. The van der Waals surface area contributed by atoms with Gasteiger partial charge in [-0.1, -0.05) is 60.7 Å². The summed E-state index contributed by atoms with van der Waals surface area (Å²) in [6.07, 6.45) is 3.89. The third-order valence-corrected chi connectivity index (χ3v) is 5.10. The van der Waals surface area contributed by atoms with Gasteiger partial charge in [-0.25, -0.2) is 4.79 Å². The predicted molar refractivity (Wildman–Crippen MR) is 124 cm³/mol. The summed E-state index contributed by atoms with van der Waals surface area (Å²) in [4.78, 5) is 31.7.